The molecule has 1 aromatic rings. The monoisotopic (exact) mass is 306 g/mol. The Bertz CT molecular complexity index is 535. The van der Waals surface area contributed by atoms with Gasteiger partial charge in [-0.1, -0.05) is 6.07 Å². The number of benzene rings is 1. The minimum absolute atomic E-state index is 0.102. The fourth-order valence-electron chi connectivity index (χ4n) is 3.21. The van der Waals surface area contributed by atoms with E-state index in [1.807, 2.05) is 17.0 Å². The first-order valence-corrected chi connectivity index (χ1v) is 8.03. The summed E-state index contributed by atoms with van der Waals surface area (Å²) in [6.07, 6.45) is 1.68. The number of nitrogens with zero attached hydrogens (tertiary/aromatic N) is 2. The number of aryl methyl sites for hydroxylation is 1. The van der Waals surface area contributed by atoms with Crippen LogP contribution in [0.15, 0.2) is 18.2 Å². The Kier molecular flexibility index (Phi) is 4.62. The van der Waals surface area contributed by atoms with Crippen LogP contribution in [0.25, 0.3) is 0 Å². The van der Waals surface area contributed by atoms with Gasteiger partial charge < -0.3 is 14.5 Å². The van der Waals surface area contributed by atoms with Crippen LogP contribution in [-0.2, 0) is 9.53 Å². The zero-order valence-corrected chi connectivity index (χ0v) is 13.1. The molecule has 2 heterocycles. The van der Waals surface area contributed by atoms with Crippen molar-refractivity contribution in [2.75, 3.05) is 44.3 Å². The standard InChI is InChI=1S/C17H23FN2O2/c1-13-2-3-15(12-16(13)18)19-6-4-14(5-7-19)17(21)20-8-10-22-11-9-20/h2-3,12,14H,4-11H2,1H3. The van der Waals surface area contributed by atoms with Gasteiger partial charge in [-0.2, -0.15) is 0 Å². The van der Waals surface area contributed by atoms with Gasteiger partial charge >= 0.3 is 0 Å². The lowest BCUT2D eigenvalue weighted by molar-refractivity contribution is -0.140. The first kappa shape index (κ1) is 15.3. The molecule has 2 fully saturated rings. The van der Waals surface area contributed by atoms with E-state index in [4.69, 9.17) is 4.74 Å². The van der Waals surface area contributed by atoms with Gasteiger partial charge in [0.15, 0.2) is 0 Å². The molecule has 2 saturated heterocycles. The predicted molar refractivity (Wildman–Crippen MR) is 83.5 cm³/mol. The largest absolute Gasteiger partial charge is 0.378 e. The summed E-state index contributed by atoms with van der Waals surface area (Å²) in [6, 6.07) is 5.37. The van der Waals surface area contributed by atoms with E-state index in [-0.39, 0.29) is 17.6 Å². The first-order valence-electron chi connectivity index (χ1n) is 8.03. The Labute approximate surface area is 130 Å². The maximum absolute atomic E-state index is 13.7. The lowest BCUT2D eigenvalue weighted by atomic mass is 9.94. The van der Waals surface area contributed by atoms with E-state index in [9.17, 15) is 9.18 Å². The molecule has 4 nitrogen and oxygen atoms in total. The SMILES string of the molecule is Cc1ccc(N2CCC(C(=O)N3CCOCC3)CC2)cc1F. The van der Waals surface area contributed by atoms with E-state index in [1.54, 1.807) is 13.0 Å². The van der Waals surface area contributed by atoms with E-state index >= 15 is 0 Å². The van der Waals surface area contributed by atoms with Crippen LogP contribution < -0.4 is 4.90 Å². The first-order chi connectivity index (χ1) is 10.6. The molecule has 120 valence electrons. The number of morpholine rings is 1. The van der Waals surface area contributed by atoms with Gasteiger partial charge in [-0.25, -0.2) is 4.39 Å². The maximum atomic E-state index is 13.7. The Balaban J connectivity index is 1.57. The summed E-state index contributed by atoms with van der Waals surface area (Å²) < 4.78 is 19.0. The van der Waals surface area contributed by atoms with Crippen molar-refractivity contribution < 1.29 is 13.9 Å². The van der Waals surface area contributed by atoms with Crippen LogP contribution in [0.3, 0.4) is 0 Å². The summed E-state index contributed by atoms with van der Waals surface area (Å²) in [5.74, 6) is 0.201. The highest BCUT2D eigenvalue weighted by Gasteiger charge is 2.29. The van der Waals surface area contributed by atoms with Crippen LogP contribution in [0.2, 0.25) is 0 Å². The van der Waals surface area contributed by atoms with Crippen molar-refractivity contribution in [2.45, 2.75) is 19.8 Å². The molecule has 0 N–H and O–H groups in total. The smallest absolute Gasteiger partial charge is 0.225 e. The van der Waals surface area contributed by atoms with Gasteiger partial charge in [0, 0.05) is 37.8 Å². The van der Waals surface area contributed by atoms with E-state index in [2.05, 4.69) is 4.90 Å². The molecule has 5 heteroatoms. The molecule has 0 saturated carbocycles. The van der Waals surface area contributed by atoms with Gasteiger partial charge in [0.2, 0.25) is 5.91 Å². The number of rotatable bonds is 2. The molecule has 0 bridgehead atoms. The van der Waals surface area contributed by atoms with Crippen molar-refractivity contribution in [1.29, 1.82) is 0 Å². The highest BCUT2D eigenvalue weighted by atomic mass is 19.1. The van der Waals surface area contributed by atoms with Gasteiger partial charge in [-0.05, 0) is 37.5 Å². The maximum Gasteiger partial charge on any atom is 0.225 e. The number of hydrogen-bond acceptors (Lipinski definition) is 3. The quantitative estimate of drug-likeness (QED) is 0.840. The van der Waals surface area contributed by atoms with Crippen molar-refractivity contribution >= 4 is 11.6 Å². The Hall–Kier alpha value is -1.62. The van der Waals surface area contributed by atoms with Crippen LogP contribution in [-0.4, -0.2) is 50.2 Å². The lowest BCUT2D eigenvalue weighted by Crippen LogP contribution is -2.46. The molecule has 1 aromatic carbocycles. The molecule has 0 unspecified atom stereocenters. The van der Waals surface area contributed by atoms with Crippen LogP contribution >= 0.6 is 0 Å². The molecular formula is C17H23FN2O2. The van der Waals surface area contributed by atoms with Crippen LogP contribution in [0.1, 0.15) is 18.4 Å². The highest BCUT2D eigenvalue weighted by Crippen LogP contribution is 2.26. The Morgan fingerprint density at radius 1 is 1.18 bits per heavy atom. The van der Waals surface area contributed by atoms with Crippen LogP contribution in [0.4, 0.5) is 10.1 Å². The summed E-state index contributed by atoms with van der Waals surface area (Å²) >= 11 is 0. The number of amides is 1. The molecule has 0 spiro atoms. The molecule has 22 heavy (non-hydrogen) atoms. The van der Waals surface area contributed by atoms with Crippen molar-refractivity contribution in [2.24, 2.45) is 5.92 Å². The summed E-state index contributed by atoms with van der Waals surface area (Å²) in [4.78, 5) is 16.6. The molecular weight excluding hydrogens is 283 g/mol. The lowest BCUT2D eigenvalue weighted by Gasteiger charge is -2.36. The van der Waals surface area contributed by atoms with Crippen LogP contribution in [0, 0.1) is 18.7 Å². The summed E-state index contributed by atoms with van der Waals surface area (Å²) in [7, 11) is 0. The topological polar surface area (TPSA) is 32.8 Å². The average molecular weight is 306 g/mol. The number of hydrogen-bond donors (Lipinski definition) is 0. The van der Waals surface area contributed by atoms with Crippen molar-refractivity contribution in [1.82, 2.24) is 4.90 Å². The second kappa shape index (κ2) is 6.65. The van der Waals surface area contributed by atoms with Crippen molar-refractivity contribution in [3.63, 3.8) is 0 Å². The predicted octanol–water partition coefficient (Wildman–Crippen LogP) is 2.21. The molecule has 0 atom stereocenters. The van der Waals surface area contributed by atoms with Crippen molar-refractivity contribution in [3.05, 3.63) is 29.6 Å². The van der Waals surface area contributed by atoms with E-state index in [0.717, 1.165) is 31.6 Å². The fraction of sp³-hybridized carbons (Fsp3) is 0.588. The van der Waals surface area contributed by atoms with Gasteiger partial charge in [-0.3, -0.25) is 4.79 Å². The molecule has 0 aliphatic carbocycles. The zero-order chi connectivity index (χ0) is 15.5. The second-order valence-electron chi connectivity index (χ2n) is 6.13. The highest BCUT2D eigenvalue weighted by molar-refractivity contribution is 5.79. The number of piperidine rings is 1. The van der Waals surface area contributed by atoms with Gasteiger partial charge in [0.05, 0.1) is 13.2 Å². The Morgan fingerprint density at radius 3 is 2.50 bits per heavy atom. The fourth-order valence-corrected chi connectivity index (χ4v) is 3.21. The third kappa shape index (κ3) is 3.24. The van der Waals surface area contributed by atoms with Crippen LogP contribution in [0.5, 0.6) is 0 Å². The molecule has 2 aliphatic heterocycles. The van der Waals surface area contributed by atoms with Gasteiger partial charge in [0.1, 0.15) is 5.82 Å². The minimum atomic E-state index is -0.163. The summed E-state index contributed by atoms with van der Waals surface area (Å²) in [5, 5.41) is 0. The zero-order valence-electron chi connectivity index (χ0n) is 13.1. The van der Waals surface area contributed by atoms with Gasteiger partial charge in [-0.15, -0.1) is 0 Å². The minimum Gasteiger partial charge on any atom is -0.378 e. The van der Waals surface area contributed by atoms with E-state index in [1.165, 1.54) is 0 Å². The molecule has 2 aliphatic rings. The van der Waals surface area contributed by atoms with E-state index < -0.39 is 0 Å². The molecule has 1 amide bonds. The second-order valence-corrected chi connectivity index (χ2v) is 6.13. The van der Waals surface area contributed by atoms with Crippen molar-refractivity contribution in [3.8, 4) is 0 Å². The molecule has 3 rings (SSSR count). The van der Waals surface area contributed by atoms with E-state index in [0.29, 0.717) is 31.9 Å². The Morgan fingerprint density at radius 2 is 1.86 bits per heavy atom. The van der Waals surface area contributed by atoms with Gasteiger partial charge in [0.25, 0.3) is 0 Å². The number of carbonyl (C=O) groups is 1. The summed E-state index contributed by atoms with van der Waals surface area (Å²) in [6.45, 7) is 6.10. The molecule has 0 aromatic heterocycles. The molecule has 0 radical (unpaired) electrons. The summed E-state index contributed by atoms with van der Waals surface area (Å²) in [5.41, 5.74) is 1.58. The third-order valence-electron chi connectivity index (χ3n) is 4.69. The number of anilines is 1. The number of carbonyl (C=O) groups excluding carboxylic acids is 1. The third-order valence-corrected chi connectivity index (χ3v) is 4.69. The number of halogens is 1. The normalized spacial score (nSPS) is 20.3. The average Bonchev–Trinajstić information content (AvgIpc) is 2.58. The number of ether oxygens (including phenoxy) is 1.